The van der Waals surface area contributed by atoms with Crippen molar-refractivity contribution in [3.63, 3.8) is 0 Å². The zero-order chi connectivity index (χ0) is 20.1. The zero-order valence-corrected chi connectivity index (χ0v) is 16.4. The number of halogens is 1. The first-order valence-corrected chi connectivity index (χ1v) is 10.5. The van der Waals surface area contributed by atoms with Gasteiger partial charge in [0.1, 0.15) is 16.5 Å². The van der Waals surface area contributed by atoms with E-state index in [1.54, 1.807) is 12.0 Å². The van der Waals surface area contributed by atoms with Gasteiger partial charge in [0.05, 0.1) is 7.11 Å². The predicted molar refractivity (Wildman–Crippen MR) is 103 cm³/mol. The molecule has 1 unspecified atom stereocenters. The van der Waals surface area contributed by atoms with Crippen molar-refractivity contribution < 1.29 is 22.3 Å². The molecule has 6 nitrogen and oxygen atoms in total. The Labute approximate surface area is 164 Å². The van der Waals surface area contributed by atoms with E-state index in [9.17, 15) is 17.6 Å². The van der Waals surface area contributed by atoms with Crippen LogP contribution in [0.25, 0.3) is 0 Å². The molecule has 2 aromatic carbocycles. The summed E-state index contributed by atoms with van der Waals surface area (Å²) in [6.07, 6.45) is 1.07. The lowest BCUT2D eigenvalue weighted by Crippen LogP contribution is -2.36. The number of ether oxygens (including phenoxy) is 1. The van der Waals surface area contributed by atoms with Crippen LogP contribution in [0.3, 0.4) is 0 Å². The number of methoxy groups -OCH3 is 1. The van der Waals surface area contributed by atoms with Gasteiger partial charge in [-0.3, -0.25) is 4.79 Å². The van der Waals surface area contributed by atoms with Crippen LogP contribution in [0.15, 0.2) is 53.4 Å². The van der Waals surface area contributed by atoms with Gasteiger partial charge in [-0.1, -0.05) is 24.3 Å². The molecule has 1 saturated heterocycles. The molecule has 150 valence electrons. The van der Waals surface area contributed by atoms with E-state index in [2.05, 4.69) is 4.72 Å². The van der Waals surface area contributed by atoms with E-state index in [-0.39, 0.29) is 17.2 Å². The topological polar surface area (TPSA) is 75.7 Å². The molecule has 1 aliphatic heterocycles. The third-order valence-electron chi connectivity index (χ3n) is 4.76. The third kappa shape index (κ3) is 4.88. The maximum atomic E-state index is 13.9. The molecule has 1 aliphatic rings. The van der Waals surface area contributed by atoms with Gasteiger partial charge in [0.2, 0.25) is 15.9 Å². The fourth-order valence-corrected chi connectivity index (χ4v) is 4.64. The number of likely N-dealkylation sites (tertiary alicyclic amines) is 1. The second-order valence-electron chi connectivity index (χ2n) is 6.74. The highest BCUT2D eigenvalue weighted by Crippen LogP contribution is 2.20. The lowest BCUT2D eigenvalue weighted by atomic mass is 10.1. The number of nitrogens with one attached hydrogen (secondary N) is 1. The van der Waals surface area contributed by atoms with Crippen molar-refractivity contribution in [1.82, 2.24) is 9.62 Å². The van der Waals surface area contributed by atoms with E-state index in [0.29, 0.717) is 25.9 Å². The molecule has 28 heavy (non-hydrogen) atoms. The van der Waals surface area contributed by atoms with Crippen molar-refractivity contribution in [2.24, 2.45) is 0 Å². The number of sulfonamides is 1. The fourth-order valence-electron chi connectivity index (χ4n) is 3.26. The Morgan fingerprint density at radius 3 is 2.71 bits per heavy atom. The Morgan fingerprint density at radius 2 is 1.96 bits per heavy atom. The minimum atomic E-state index is -3.98. The molecule has 8 heteroatoms. The van der Waals surface area contributed by atoms with Crippen molar-refractivity contribution >= 4 is 15.9 Å². The summed E-state index contributed by atoms with van der Waals surface area (Å²) < 4.78 is 46.6. The van der Waals surface area contributed by atoms with Crippen LogP contribution in [0.2, 0.25) is 0 Å². The summed E-state index contributed by atoms with van der Waals surface area (Å²) in [7, 11) is -2.40. The number of rotatable bonds is 6. The van der Waals surface area contributed by atoms with Crippen molar-refractivity contribution in [3.05, 3.63) is 59.9 Å². The molecular formula is C20H23FN2O4S. The number of carbonyl (C=O) groups excluding carboxylic acids is 1. The first-order valence-electron chi connectivity index (χ1n) is 9.06. The van der Waals surface area contributed by atoms with Crippen LogP contribution in [0.1, 0.15) is 24.8 Å². The van der Waals surface area contributed by atoms with E-state index in [1.165, 1.54) is 18.2 Å². The van der Waals surface area contributed by atoms with E-state index in [4.69, 9.17) is 4.74 Å². The second kappa shape index (κ2) is 8.70. The van der Waals surface area contributed by atoms with Crippen molar-refractivity contribution in [1.29, 1.82) is 0 Å². The van der Waals surface area contributed by atoms with E-state index < -0.39 is 21.9 Å². The van der Waals surface area contributed by atoms with Crippen molar-refractivity contribution in [3.8, 4) is 5.75 Å². The van der Waals surface area contributed by atoms with E-state index >= 15 is 0 Å². The molecule has 3 rings (SSSR count). The smallest absolute Gasteiger partial charge is 0.243 e. The molecular weight excluding hydrogens is 383 g/mol. The van der Waals surface area contributed by atoms with Crippen molar-refractivity contribution in [2.75, 3.05) is 13.7 Å². The summed E-state index contributed by atoms with van der Waals surface area (Å²) in [4.78, 5) is 13.8. The average molecular weight is 406 g/mol. The molecule has 1 fully saturated rings. The highest BCUT2D eigenvalue weighted by atomic mass is 32.2. The third-order valence-corrected chi connectivity index (χ3v) is 6.32. The number of carbonyl (C=O) groups is 1. The maximum Gasteiger partial charge on any atom is 0.243 e. The highest BCUT2D eigenvalue weighted by Gasteiger charge is 2.27. The largest absolute Gasteiger partial charge is 0.497 e. The average Bonchev–Trinajstić information content (AvgIpc) is 2.84. The second-order valence-corrected chi connectivity index (χ2v) is 8.43. The van der Waals surface area contributed by atoms with E-state index in [0.717, 1.165) is 17.4 Å². The van der Waals surface area contributed by atoms with Crippen molar-refractivity contribution in [2.45, 2.75) is 36.7 Å². The van der Waals surface area contributed by atoms with Gasteiger partial charge in [-0.2, -0.15) is 0 Å². The van der Waals surface area contributed by atoms with Crippen LogP contribution < -0.4 is 9.46 Å². The Balaban J connectivity index is 1.66. The molecule has 2 aromatic rings. The first-order chi connectivity index (χ1) is 13.4. The lowest BCUT2D eigenvalue weighted by molar-refractivity contribution is -0.131. The molecule has 1 N–H and O–H groups in total. The Kier molecular flexibility index (Phi) is 6.31. The standard InChI is InChI=1S/C20H23FN2O4S/c1-27-17-6-4-5-15(13-17)14-23-12-11-16(9-10-20(23)24)22-28(25,26)19-8-3-2-7-18(19)21/h2-8,13,16,22H,9-12,14H2,1H3. The molecule has 0 radical (unpaired) electrons. The van der Waals surface area contributed by atoms with Crippen LogP contribution in [0.5, 0.6) is 5.75 Å². The molecule has 0 aromatic heterocycles. The molecule has 0 bridgehead atoms. The highest BCUT2D eigenvalue weighted by molar-refractivity contribution is 7.89. The molecule has 1 amide bonds. The lowest BCUT2D eigenvalue weighted by Gasteiger charge is -2.21. The van der Waals surface area contributed by atoms with E-state index in [1.807, 2.05) is 24.3 Å². The Morgan fingerprint density at radius 1 is 1.18 bits per heavy atom. The van der Waals surface area contributed by atoms with Gasteiger partial charge < -0.3 is 9.64 Å². The molecule has 0 spiro atoms. The minimum Gasteiger partial charge on any atom is -0.497 e. The fraction of sp³-hybridized carbons (Fsp3) is 0.350. The van der Waals surface area contributed by atoms with Crippen LogP contribution in [0, 0.1) is 5.82 Å². The summed E-state index contributed by atoms with van der Waals surface area (Å²) in [5.74, 6) is -0.106. The molecule has 1 atom stereocenters. The quantitative estimate of drug-likeness (QED) is 0.800. The predicted octanol–water partition coefficient (Wildman–Crippen LogP) is 2.69. The van der Waals surface area contributed by atoms with Gasteiger partial charge in [-0.15, -0.1) is 0 Å². The molecule has 0 saturated carbocycles. The van der Waals surface area contributed by atoms with Gasteiger partial charge in [-0.25, -0.2) is 17.5 Å². The van der Waals surface area contributed by atoms with Gasteiger partial charge in [0, 0.05) is 25.6 Å². The summed E-state index contributed by atoms with van der Waals surface area (Å²) in [6, 6.07) is 12.3. The Bertz CT molecular complexity index is 949. The van der Waals surface area contributed by atoms with Gasteiger partial charge in [0.25, 0.3) is 0 Å². The summed E-state index contributed by atoms with van der Waals surface area (Å²) in [5.41, 5.74) is 0.943. The van der Waals surface area contributed by atoms with Crippen LogP contribution in [-0.2, 0) is 21.4 Å². The minimum absolute atomic E-state index is 0.0320. The Hall–Kier alpha value is -2.45. The number of nitrogens with zero attached hydrogens (tertiary/aromatic N) is 1. The first kappa shape index (κ1) is 20.3. The number of hydrogen-bond donors (Lipinski definition) is 1. The molecule has 0 aliphatic carbocycles. The van der Waals surface area contributed by atoms with Gasteiger partial charge in [-0.05, 0) is 42.7 Å². The molecule has 1 heterocycles. The number of benzene rings is 2. The van der Waals surface area contributed by atoms with Crippen LogP contribution in [-0.4, -0.2) is 38.9 Å². The van der Waals surface area contributed by atoms with Crippen LogP contribution in [0.4, 0.5) is 4.39 Å². The van der Waals surface area contributed by atoms with Gasteiger partial charge >= 0.3 is 0 Å². The number of hydrogen-bond acceptors (Lipinski definition) is 4. The maximum absolute atomic E-state index is 13.9. The SMILES string of the molecule is COc1cccc(CN2CCC(NS(=O)(=O)c3ccccc3F)CCC2=O)c1. The number of amides is 1. The van der Waals surface area contributed by atoms with Crippen LogP contribution >= 0.6 is 0 Å². The van der Waals surface area contributed by atoms with Gasteiger partial charge in [0.15, 0.2) is 0 Å². The summed E-state index contributed by atoms with van der Waals surface area (Å²) >= 11 is 0. The zero-order valence-electron chi connectivity index (χ0n) is 15.6. The monoisotopic (exact) mass is 406 g/mol. The summed E-state index contributed by atoms with van der Waals surface area (Å²) in [6.45, 7) is 0.851. The summed E-state index contributed by atoms with van der Waals surface area (Å²) in [5, 5.41) is 0. The normalized spacial score (nSPS) is 18.0.